The summed E-state index contributed by atoms with van der Waals surface area (Å²) in [5, 5.41) is 0.326. The van der Waals surface area contributed by atoms with Gasteiger partial charge in [0, 0.05) is 28.3 Å². The lowest BCUT2D eigenvalue weighted by atomic mass is 9.64. The number of ether oxygens (including phenoxy) is 1. The van der Waals surface area contributed by atoms with E-state index in [1.165, 1.54) is 0 Å². The van der Waals surface area contributed by atoms with Gasteiger partial charge in [-0.2, -0.15) is 0 Å². The molecule has 40 heavy (non-hydrogen) atoms. The lowest BCUT2D eigenvalue weighted by Crippen LogP contribution is -2.48. The minimum absolute atomic E-state index is 0.241. The largest absolute Gasteiger partial charge is 0.497 e. The zero-order valence-electron chi connectivity index (χ0n) is 21.6. The monoisotopic (exact) mass is 545 g/mol. The van der Waals surface area contributed by atoms with Gasteiger partial charge in [-0.3, -0.25) is 14.4 Å². The summed E-state index contributed by atoms with van der Waals surface area (Å²) in [5.41, 5.74) is 2.01. The molecule has 0 N–H and O–H groups in total. The average Bonchev–Trinajstić information content (AvgIpc) is 3.43. The second kappa shape index (κ2) is 9.04. The van der Waals surface area contributed by atoms with Gasteiger partial charge in [0.25, 0.3) is 0 Å². The van der Waals surface area contributed by atoms with Gasteiger partial charge in [0.1, 0.15) is 17.2 Å². The molecule has 2 heterocycles. The Kier molecular flexibility index (Phi) is 5.55. The van der Waals surface area contributed by atoms with Crippen LogP contribution in [0.2, 0.25) is 5.02 Å². The molecule has 4 aromatic carbocycles. The van der Waals surface area contributed by atoms with Gasteiger partial charge in [0.05, 0.1) is 18.2 Å². The van der Waals surface area contributed by atoms with Crippen LogP contribution in [0.5, 0.6) is 5.75 Å². The van der Waals surface area contributed by atoms with Crippen molar-refractivity contribution in [1.29, 1.82) is 0 Å². The SMILES string of the molecule is COc1ccc([C@@H]2[C@H](C(=O)c3ccccc3Cl)N3c4ccccc4C=C[C@@H]3C23C(=O)c2ccccc2C3=O)cc1. The predicted molar refractivity (Wildman–Crippen MR) is 155 cm³/mol. The van der Waals surface area contributed by atoms with Crippen molar-refractivity contribution < 1.29 is 19.1 Å². The third-order valence-electron chi connectivity index (χ3n) is 8.60. The van der Waals surface area contributed by atoms with E-state index in [0.29, 0.717) is 33.0 Å². The normalized spacial score (nSPS) is 21.8. The van der Waals surface area contributed by atoms with Crippen LogP contribution in [0.15, 0.2) is 103 Å². The Morgan fingerprint density at radius 3 is 2.12 bits per heavy atom. The van der Waals surface area contributed by atoms with E-state index in [2.05, 4.69) is 0 Å². The number of benzene rings is 4. The van der Waals surface area contributed by atoms with Gasteiger partial charge in [-0.05, 0) is 41.5 Å². The Morgan fingerprint density at radius 1 is 0.825 bits per heavy atom. The lowest BCUT2D eigenvalue weighted by molar-refractivity contribution is 0.0666. The van der Waals surface area contributed by atoms with Crippen LogP contribution in [0.4, 0.5) is 5.69 Å². The number of hydrogen-bond donors (Lipinski definition) is 0. The molecule has 0 unspecified atom stereocenters. The van der Waals surface area contributed by atoms with Crippen molar-refractivity contribution in [3.63, 3.8) is 0 Å². The smallest absolute Gasteiger partial charge is 0.187 e. The molecule has 0 aromatic heterocycles. The number of rotatable bonds is 4. The van der Waals surface area contributed by atoms with Crippen molar-refractivity contribution in [2.75, 3.05) is 12.0 Å². The van der Waals surface area contributed by atoms with E-state index in [0.717, 1.165) is 11.3 Å². The summed E-state index contributed by atoms with van der Waals surface area (Å²) in [4.78, 5) is 45.9. The van der Waals surface area contributed by atoms with E-state index >= 15 is 0 Å². The molecule has 3 atom stereocenters. The number of carbonyl (C=O) groups excluding carboxylic acids is 3. The second-order valence-corrected chi connectivity index (χ2v) is 10.8. The van der Waals surface area contributed by atoms with Crippen molar-refractivity contribution >= 4 is 40.7 Å². The Morgan fingerprint density at radius 2 is 1.45 bits per heavy atom. The van der Waals surface area contributed by atoms with Gasteiger partial charge in [0.15, 0.2) is 17.3 Å². The number of ketones is 3. The van der Waals surface area contributed by atoms with Crippen molar-refractivity contribution in [3.05, 3.63) is 136 Å². The van der Waals surface area contributed by atoms with E-state index in [1.54, 1.807) is 67.8 Å². The fraction of sp³-hybridized carbons (Fsp3) is 0.147. The van der Waals surface area contributed by atoms with Crippen molar-refractivity contribution in [1.82, 2.24) is 0 Å². The van der Waals surface area contributed by atoms with Crippen LogP contribution in [0, 0.1) is 5.41 Å². The van der Waals surface area contributed by atoms with Gasteiger partial charge in [-0.15, -0.1) is 0 Å². The Hall–Kier alpha value is -4.48. The highest BCUT2D eigenvalue weighted by Gasteiger charge is 2.71. The Labute approximate surface area is 236 Å². The second-order valence-electron chi connectivity index (χ2n) is 10.4. The third kappa shape index (κ3) is 3.18. The van der Waals surface area contributed by atoms with Gasteiger partial charge < -0.3 is 9.64 Å². The number of methoxy groups -OCH3 is 1. The fourth-order valence-corrected chi connectivity index (χ4v) is 7.15. The van der Waals surface area contributed by atoms with Gasteiger partial charge >= 0.3 is 0 Å². The first kappa shape index (κ1) is 24.6. The standard InChI is InChI=1S/C34H24ClNO4/c1-40-22-17-14-21(15-18-22)29-30(31(37)25-11-5-6-12-26(25)35)36-27-13-7-2-8-20(27)16-19-28(36)34(29)32(38)23-9-3-4-10-24(23)33(34)39/h2-19,28-30H,1H3/t28-,29-,30-/m1/s1. The summed E-state index contributed by atoms with van der Waals surface area (Å²) in [5.74, 6) is -0.921. The zero-order chi connectivity index (χ0) is 27.6. The van der Waals surface area contributed by atoms with E-state index in [-0.39, 0.29) is 17.3 Å². The Balaban J connectivity index is 1.55. The molecule has 3 aliphatic rings. The molecule has 0 saturated carbocycles. The summed E-state index contributed by atoms with van der Waals surface area (Å²) < 4.78 is 5.40. The summed E-state index contributed by atoms with van der Waals surface area (Å²) in [7, 11) is 1.58. The van der Waals surface area contributed by atoms with Crippen LogP contribution < -0.4 is 9.64 Å². The van der Waals surface area contributed by atoms with Gasteiger partial charge in [0.2, 0.25) is 0 Å². The summed E-state index contributed by atoms with van der Waals surface area (Å²) in [6.07, 6.45) is 3.87. The lowest BCUT2D eigenvalue weighted by Gasteiger charge is -2.37. The first-order chi connectivity index (χ1) is 19.5. The molecule has 6 heteroatoms. The maximum Gasteiger partial charge on any atom is 0.187 e. The fourth-order valence-electron chi connectivity index (χ4n) is 6.92. The highest BCUT2D eigenvalue weighted by atomic mass is 35.5. The number of nitrogens with zero attached hydrogens (tertiary/aromatic N) is 1. The first-order valence-corrected chi connectivity index (χ1v) is 13.5. The molecule has 0 amide bonds. The third-order valence-corrected chi connectivity index (χ3v) is 8.93. The number of halogens is 1. The van der Waals surface area contributed by atoms with Crippen LogP contribution in [-0.4, -0.2) is 36.5 Å². The number of anilines is 1. The van der Waals surface area contributed by atoms with Crippen molar-refractivity contribution in [2.45, 2.75) is 18.0 Å². The highest BCUT2D eigenvalue weighted by Crippen LogP contribution is 2.61. The maximum absolute atomic E-state index is 14.7. The molecule has 7 rings (SSSR count). The van der Waals surface area contributed by atoms with E-state index in [1.807, 2.05) is 53.5 Å². The number of carbonyl (C=O) groups is 3. The predicted octanol–water partition coefficient (Wildman–Crippen LogP) is 6.66. The molecular formula is C34H24ClNO4. The zero-order valence-corrected chi connectivity index (χ0v) is 22.3. The molecule has 5 nitrogen and oxygen atoms in total. The van der Waals surface area contributed by atoms with Crippen LogP contribution in [-0.2, 0) is 0 Å². The molecule has 0 radical (unpaired) electrons. The molecule has 196 valence electrons. The van der Waals surface area contributed by atoms with E-state index < -0.39 is 23.4 Å². The molecule has 2 aliphatic heterocycles. The molecule has 1 saturated heterocycles. The summed E-state index contributed by atoms with van der Waals surface area (Å²) >= 11 is 6.58. The molecular weight excluding hydrogens is 522 g/mol. The quantitative estimate of drug-likeness (QED) is 0.212. The van der Waals surface area contributed by atoms with Crippen molar-refractivity contribution in [3.8, 4) is 5.75 Å². The van der Waals surface area contributed by atoms with Crippen molar-refractivity contribution in [2.24, 2.45) is 5.41 Å². The summed E-state index contributed by atoms with van der Waals surface area (Å²) in [6.45, 7) is 0. The maximum atomic E-state index is 14.7. The summed E-state index contributed by atoms with van der Waals surface area (Å²) in [6, 6.07) is 27.4. The minimum atomic E-state index is -1.55. The Bertz CT molecular complexity index is 1710. The van der Waals surface area contributed by atoms with Gasteiger partial charge in [-0.1, -0.05) is 90.5 Å². The highest BCUT2D eigenvalue weighted by molar-refractivity contribution is 6.35. The average molecular weight is 546 g/mol. The molecule has 0 bridgehead atoms. The molecule has 4 aromatic rings. The van der Waals surface area contributed by atoms with Crippen LogP contribution in [0.3, 0.4) is 0 Å². The molecule has 1 aliphatic carbocycles. The van der Waals surface area contributed by atoms with E-state index in [9.17, 15) is 14.4 Å². The van der Waals surface area contributed by atoms with Crippen LogP contribution >= 0.6 is 11.6 Å². The minimum Gasteiger partial charge on any atom is -0.497 e. The molecule has 1 fully saturated rings. The number of para-hydroxylation sites is 1. The number of Topliss-reactive ketones (excluding diaryl/α,β-unsaturated/α-hetero) is 3. The molecule has 1 spiro atoms. The first-order valence-electron chi connectivity index (χ1n) is 13.2. The topological polar surface area (TPSA) is 63.7 Å². The van der Waals surface area contributed by atoms with E-state index in [4.69, 9.17) is 16.3 Å². The van der Waals surface area contributed by atoms with Gasteiger partial charge in [-0.25, -0.2) is 0 Å². The van der Waals surface area contributed by atoms with Crippen LogP contribution in [0.1, 0.15) is 48.1 Å². The number of fused-ring (bicyclic) bond motifs is 5. The number of hydrogen-bond acceptors (Lipinski definition) is 5. The van der Waals surface area contributed by atoms with Crippen LogP contribution in [0.25, 0.3) is 6.08 Å².